The molecule has 1 aliphatic heterocycles. The highest BCUT2D eigenvalue weighted by Gasteiger charge is 2.54. The van der Waals surface area contributed by atoms with Crippen LogP contribution in [0.4, 0.5) is 5.69 Å². The van der Waals surface area contributed by atoms with Gasteiger partial charge in [0.05, 0.1) is 18.4 Å². The van der Waals surface area contributed by atoms with Crippen LogP contribution < -0.4 is 9.64 Å². The van der Waals surface area contributed by atoms with Gasteiger partial charge in [-0.15, -0.1) is 11.8 Å². The van der Waals surface area contributed by atoms with E-state index in [-0.39, 0.29) is 12.1 Å². The molecule has 1 heterocycles. The van der Waals surface area contributed by atoms with Gasteiger partial charge in [0, 0.05) is 35.6 Å². The van der Waals surface area contributed by atoms with E-state index in [4.69, 9.17) is 16.3 Å². The molecule has 0 unspecified atom stereocenters. The van der Waals surface area contributed by atoms with Gasteiger partial charge < -0.3 is 25.0 Å². The molecule has 0 saturated carbocycles. The summed E-state index contributed by atoms with van der Waals surface area (Å²) in [5, 5.41) is 32.1. The molecular weight excluding hydrogens is 580 g/mol. The SMILES string of the molecule is CCN(CCN1C(=O)[C@@H](O)[C@](C(=CC(=O)O)C(=O)O)(c2ccc(OC)cc2)Sc2cc(Cl)ccc21)Cc1ccccc1. The summed E-state index contributed by atoms with van der Waals surface area (Å²) >= 11 is 7.25. The molecule has 0 aliphatic carbocycles. The Kier molecular flexibility index (Phi) is 9.95. The number of hydrogen-bond donors (Lipinski definition) is 3. The minimum atomic E-state index is -2.05. The van der Waals surface area contributed by atoms with Crippen LogP contribution in [0.15, 0.2) is 89.3 Å². The molecule has 11 heteroatoms. The fourth-order valence-electron chi connectivity index (χ4n) is 4.99. The Morgan fingerprint density at radius 3 is 2.38 bits per heavy atom. The lowest BCUT2D eigenvalue weighted by molar-refractivity contribution is -0.136. The van der Waals surface area contributed by atoms with Crippen molar-refractivity contribution in [3.05, 3.63) is 101 Å². The van der Waals surface area contributed by atoms with Crippen LogP contribution in [-0.4, -0.2) is 70.9 Å². The quantitative estimate of drug-likeness (QED) is 0.266. The van der Waals surface area contributed by atoms with Crippen LogP contribution >= 0.6 is 23.4 Å². The first-order chi connectivity index (χ1) is 20.1. The van der Waals surface area contributed by atoms with Crippen molar-refractivity contribution in [2.75, 3.05) is 31.6 Å². The van der Waals surface area contributed by atoms with Gasteiger partial charge in [-0.1, -0.05) is 61.0 Å². The van der Waals surface area contributed by atoms with E-state index in [0.29, 0.717) is 47.1 Å². The van der Waals surface area contributed by atoms with Gasteiger partial charge >= 0.3 is 11.9 Å². The smallest absolute Gasteiger partial charge is 0.333 e. The predicted molar refractivity (Wildman–Crippen MR) is 161 cm³/mol. The highest BCUT2D eigenvalue weighted by atomic mass is 35.5. The highest BCUT2D eigenvalue weighted by molar-refractivity contribution is 8.00. The van der Waals surface area contributed by atoms with E-state index >= 15 is 0 Å². The summed E-state index contributed by atoms with van der Waals surface area (Å²) in [7, 11) is 1.46. The number of fused-ring (bicyclic) bond motifs is 1. The maximum absolute atomic E-state index is 14.2. The number of aliphatic carboxylic acids is 2. The molecule has 0 saturated heterocycles. The van der Waals surface area contributed by atoms with Gasteiger partial charge in [0.15, 0.2) is 6.10 Å². The van der Waals surface area contributed by atoms with E-state index in [9.17, 15) is 29.7 Å². The normalized spacial score (nSPS) is 18.9. The molecule has 9 nitrogen and oxygen atoms in total. The largest absolute Gasteiger partial charge is 0.497 e. The fourth-order valence-corrected chi connectivity index (χ4v) is 6.76. The van der Waals surface area contributed by atoms with Gasteiger partial charge in [0.1, 0.15) is 10.5 Å². The number of carboxylic acid groups (broad SMARTS) is 2. The van der Waals surface area contributed by atoms with Crippen LogP contribution in [0.2, 0.25) is 5.02 Å². The van der Waals surface area contributed by atoms with E-state index in [0.717, 1.165) is 17.3 Å². The van der Waals surface area contributed by atoms with E-state index in [1.807, 2.05) is 37.3 Å². The van der Waals surface area contributed by atoms with Gasteiger partial charge in [-0.25, -0.2) is 9.59 Å². The second kappa shape index (κ2) is 13.4. The third-order valence-electron chi connectivity index (χ3n) is 7.12. The van der Waals surface area contributed by atoms with Crippen LogP contribution in [0, 0.1) is 0 Å². The number of carbonyl (C=O) groups is 3. The van der Waals surface area contributed by atoms with Gasteiger partial charge in [0.2, 0.25) is 0 Å². The Hall–Kier alpha value is -3.83. The number of likely N-dealkylation sites (N-methyl/N-ethyl adjacent to an activating group) is 1. The van der Waals surface area contributed by atoms with E-state index < -0.39 is 34.3 Å². The first-order valence-electron chi connectivity index (χ1n) is 13.2. The molecule has 0 radical (unpaired) electrons. The molecule has 1 amide bonds. The number of ether oxygens (including phenoxy) is 1. The molecule has 42 heavy (non-hydrogen) atoms. The van der Waals surface area contributed by atoms with Crippen molar-refractivity contribution in [2.45, 2.75) is 29.2 Å². The monoisotopic (exact) mass is 610 g/mol. The lowest BCUT2D eigenvalue weighted by atomic mass is 9.83. The molecule has 0 aromatic heterocycles. The van der Waals surface area contributed by atoms with Crippen molar-refractivity contribution >= 4 is 46.9 Å². The summed E-state index contributed by atoms with van der Waals surface area (Å²) in [5.74, 6) is -3.44. The number of anilines is 1. The third-order valence-corrected chi connectivity index (χ3v) is 8.90. The molecule has 2 atom stereocenters. The number of thioether (sulfide) groups is 1. The van der Waals surface area contributed by atoms with Gasteiger partial charge in [-0.2, -0.15) is 0 Å². The Morgan fingerprint density at radius 2 is 1.79 bits per heavy atom. The molecule has 1 aliphatic rings. The zero-order valence-corrected chi connectivity index (χ0v) is 24.6. The number of rotatable bonds is 11. The number of carboxylic acids is 2. The van der Waals surface area contributed by atoms with E-state index in [1.54, 1.807) is 30.3 Å². The lowest BCUT2D eigenvalue weighted by Gasteiger charge is -2.37. The maximum Gasteiger partial charge on any atom is 0.333 e. The van der Waals surface area contributed by atoms with Crippen LogP contribution in [0.25, 0.3) is 0 Å². The summed E-state index contributed by atoms with van der Waals surface area (Å²) in [5.41, 5.74) is 1.07. The summed E-state index contributed by atoms with van der Waals surface area (Å²) in [4.78, 5) is 42.7. The first kappa shape index (κ1) is 31.1. The fraction of sp³-hybridized carbons (Fsp3) is 0.258. The summed E-state index contributed by atoms with van der Waals surface area (Å²) in [6, 6.07) is 20.9. The van der Waals surface area contributed by atoms with Crippen molar-refractivity contribution < 1.29 is 34.4 Å². The Bertz CT molecular complexity index is 1480. The summed E-state index contributed by atoms with van der Waals surface area (Å²) in [6.45, 7) is 3.97. The number of aliphatic hydroxyl groups excluding tert-OH is 1. The average molecular weight is 611 g/mol. The standard InChI is InChI=1S/C31H31ClN2O7S/c1-3-33(19-20-7-5-4-6-8-20)15-16-34-25-14-11-22(32)17-26(25)42-31(28(37)29(34)38,24(30(39)40)18-27(35)36)21-9-12-23(41-2)13-10-21/h4-14,17-18,28,37H,3,15-16,19H2,1-2H3,(H,35,36)(H,39,40)/t28-,31-/m1/s1. The van der Waals surface area contributed by atoms with Crippen LogP contribution in [0.1, 0.15) is 18.1 Å². The van der Waals surface area contributed by atoms with Crippen molar-refractivity contribution in [1.82, 2.24) is 4.90 Å². The lowest BCUT2D eigenvalue weighted by Crippen LogP contribution is -2.51. The third kappa shape index (κ3) is 6.47. The maximum atomic E-state index is 14.2. The number of amides is 1. The number of halogens is 1. The number of carbonyl (C=O) groups excluding carboxylic acids is 1. The van der Waals surface area contributed by atoms with E-state index in [1.165, 1.54) is 24.1 Å². The molecule has 0 fully saturated rings. The molecule has 4 rings (SSSR count). The number of aliphatic hydroxyl groups is 1. The van der Waals surface area contributed by atoms with E-state index in [2.05, 4.69) is 4.90 Å². The minimum absolute atomic E-state index is 0.176. The Balaban J connectivity index is 1.85. The van der Waals surface area contributed by atoms with Crippen LogP contribution in [0.3, 0.4) is 0 Å². The molecule has 0 bridgehead atoms. The predicted octanol–water partition coefficient (Wildman–Crippen LogP) is 4.66. The second-order valence-electron chi connectivity index (χ2n) is 9.63. The van der Waals surface area contributed by atoms with Gasteiger partial charge in [-0.3, -0.25) is 9.69 Å². The highest BCUT2D eigenvalue weighted by Crippen LogP contribution is 2.55. The molecule has 220 valence electrons. The Morgan fingerprint density at radius 1 is 1.10 bits per heavy atom. The second-order valence-corrected chi connectivity index (χ2v) is 11.4. The van der Waals surface area contributed by atoms with Crippen molar-refractivity contribution in [3.63, 3.8) is 0 Å². The number of hydrogen-bond acceptors (Lipinski definition) is 7. The zero-order valence-electron chi connectivity index (χ0n) is 23.1. The number of benzene rings is 3. The van der Waals surface area contributed by atoms with Gasteiger partial charge in [-0.05, 0) is 48.0 Å². The van der Waals surface area contributed by atoms with Gasteiger partial charge in [0.25, 0.3) is 5.91 Å². The molecule has 3 aromatic carbocycles. The first-order valence-corrected chi connectivity index (χ1v) is 14.4. The molecule has 3 N–H and O–H groups in total. The minimum Gasteiger partial charge on any atom is -0.497 e. The molecule has 0 spiro atoms. The average Bonchev–Trinajstić information content (AvgIpc) is 3.07. The van der Waals surface area contributed by atoms with Crippen molar-refractivity contribution in [2.24, 2.45) is 0 Å². The zero-order chi connectivity index (χ0) is 30.4. The summed E-state index contributed by atoms with van der Waals surface area (Å²) in [6.07, 6.45) is -1.46. The van der Waals surface area contributed by atoms with Crippen molar-refractivity contribution in [3.8, 4) is 5.75 Å². The number of methoxy groups -OCH3 is 1. The summed E-state index contributed by atoms with van der Waals surface area (Å²) < 4.78 is 3.19. The Labute approximate surface area is 253 Å². The van der Waals surface area contributed by atoms with Crippen LogP contribution in [-0.2, 0) is 25.7 Å². The molecule has 3 aromatic rings. The van der Waals surface area contributed by atoms with Crippen molar-refractivity contribution in [1.29, 1.82) is 0 Å². The van der Waals surface area contributed by atoms with Crippen LogP contribution in [0.5, 0.6) is 5.75 Å². The number of nitrogens with zero attached hydrogens (tertiary/aromatic N) is 2. The molecular formula is C31H31ClN2O7S. The topological polar surface area (TPSA) is 128 Å².